The number of thiazole rings is 1. The minimum absolute atomic E-state index is 0.167. The van der Waals surface area contributed by atoms with Crippen LogP contribution >= 0.6 is 11.3 Å². The van der Waals surface area contributed by atoms with Crippen LogP contribution in [0.4, 0.5) is 0 Å². The molecule has 5 heteroatoms. The SMILES string of the molecule is O=C(O)c1csc(CCNC2CCCC2)n1. The Kier molecular flexibility index (Phi) is 3.90. The molecular formula is C11H16N2O2S. The molecule has 0 bridgehead atoms. The van der Waals surface area contributed by atoms with E-state index in [-0.39, 0.29) is 5.69 Å². The number of hydrogen-bond acceptors (Lipinski definition) is 4. The van der Waals surface area contributed by atoms with Gasteiger partial charge in [-0.3, -0.25) is 0 Å². The van der Waals surface area contributed by atoms with E-state index in [1.165, 1.54) is 37.0 Å². The van der Waals surface area contributed by atoms with Crippen molar-refractivity contribution in [1.29, 1.82) is 0 Å². The highest BCUT2D eigenvalue weighted by Crippen LogP contribution is 2.17. The second-order valence-corrected chi connectivity index (χ2v) is 5.06. The molecular weight excluding hydrogens is 224 g/mol. The van der Waals surface area contributed by atoms with E-state index in [0.717, 1.165) is 18.0 Å². The van der Waals surface area contributed by atoms with Gasteiger partial charge in [-0.05, 0) is 12.8 Å². The van der Waals surface area contributed by atoms with Gasteiger partial charge < -0.3 is 10.4 Å². The van der Waals surface area contributed by atoms with Crippen LogP contribution in [0.15, 0.2) is 5.38 Å². The molecule has 1 fully saturated rings. The van der Waals surface area contributed by atoms with Gasteiger partial charge in [-0.2, -0.15) is 0 Å². The summed E-state index contributed by atoms with van der Waals surface area (Å²) in [4.78, 5) is 14.7. The molecule has 1 aliphatic carbocycles. The highest BCUT2D eigenvalue weighted by molar-refractivity contribution is 7.09. The van der Waals surface area contributed by atoms with E-state index in [1.54, 1.807) is 5.38 Å². The van der Waals surface area contributed by atoms with Crippen LogP contribution in [-0.2, 0) is 6.42 Å². The number of carboxylic acid groups (broad SMARTS) is 1. The number of aromatic carboxylic acids is 1. The van der Waals surface area contributed by atoms with Crippen molar-refractivity contribution in [2.24, 2.45) is 0 Å². The minimum atomic E-state index is -0.939. The monoisotopic (exact) mass is 240 g/mol. The molecule has 1 aliphatic rings. The van der Waals surface area contributed by atoms with Crippen molar-refractivity contribution in [1.82, 2.24) is 10.3 Å². The molecule has 1 saturated carbocycles. The first kappa shape index (κ1) is 11.5. The lowest BCUT2D eigenvalue weighted by atomic mass is 10.2. The third-order valence-electron chi connectivity index (χ3n) is 2.90. The first-order chi connectivity index (χ1) is 7.75. The van der Waals surface area contributed by atoms with Crippen molar-refractivity contribution in [2.45, 2.75) is 38.1 Å². The summed E-state index contributed by atoms with van der Waals surface area (Å²) in [6, 6.07) is 0.666. The van der Waals surface area contributed by atoms with Crippen LogP contribution in [-0.4, -0.2) is 28.6 Å². The van der Waals surface area contributed by atoms with Crippen molar-refractivity contribution in [3.05, 3.63) is 16.1 Å². The number of carbonyl (C=O) groups is 1. The summed E-state index contributed by atoms with van der Waals surface area (Å²) < 4.78 is 0. The van der Waals surface area contributed by atoms with Crippen LogP contribution in [0, 0.1) is 0 Å². The van der Waals surface area contributed by atoms with Crippen LogP contribution in [0.3, 0.4) is 0 Å². The van der Waals surface area contributed by atoms with E-state index in [1.807, 2.05) is 0 Å². The first-order valence-electron chi connectivity index (χ1n) is 5.67. The van der Waals surface area contributed by atoms with Crippen molar-refractivity contribution in [2.75, 3.05) is 6.54 Å². The van der Waals surface area contributed by atoms with Crippen LogP contribution in [0.5, 0.6) is 0 Å². The highest BCUT2D eigenvalue weighted by Gasteiger charge is 2.14. The molecule has 16 heavy (non-hydrogen) atoms. The molecule has 0 atom stereocenters. The van der Waals surface area contributed by atoms with Gasteiger partial charge in [0.25, 0.3) is 0 Å². The molecule has 0 amide bonds. The average Bonchev–Trinajstić information content (AvgIpc) is 2.87. The molecule has 1 heterocycles. The molecule has 0 saturated heterocycles. The summed E-state index contributed by atoms with van der Waals surface area (Å²) in [6.45, 7) is 0.900. The van der Waals surface area contributed by atoms with Crippen molar-refractivity contribution in [3.63, 3.8) is 0 Å². The predicted octanol–water partition coefficient (Wildman–Crippen LogP) is 1.92. The second-order valence-electron chi connectivity index (χ2n) is 4.12. The number of rotatable bonds is 5. The fraction of sp³-hybridized carbons (Fsp3) is 0.636. The molecule has 0 spiro atoms. The third kappa shape index (κ3) is 3.02. The maximum atomic E-state index is 10.6. The Morgan fingerprint density at radius 1 is 1.56 bits per heavy atom. The standard InChI is InChI=1S/C11H16N2O2S/c14-11(15)9-7-16-10(13-9)5-6-12-8-3-1-2-4-8/h7-8,12H,1-6H2,(H,14,15). The van der Waals surface area contributed by atoms with Gasteiger partial charge in [0.15, 0.2) is 5.69 Å². The lowest BCUT2D eigenvalue weighted by molar-refractivity contribution is 0.0691. The van der Waals surface area contributed by atoms with E-state index >= 15 is 0 Å². The van der Waals surface area contributed by atoms with Crippen LogP contribution in [0.2, 0.25) is 0 Å². The third-order valence-corrected chi connectivity index (χ3v) is 3.81. The van der Waals surface area contributed by atoms with Crippen LogP contribution in [0.1, 0.15) is 41.2 Å². The van der Waals surface area contributed by atoms with Crippen LogP contribution < -0.4 is 5.32 Å². The number of carboxylic acids is 1. The Labute approximate surface area is 98.7 Å². The Morgan fingerprint density at radius 2 is 2.31 bits per heavy atom. The van der Waals surface area contributed by atoms with E-state index in [4.69, 9.17) is 5.11 Å². The maximum Gasteiger partial charge on any atom is 0.355 e. The number of hydrogen-bond donors (Lipinski definition) is 2. The van der Waals surface area contributed by atoms with E-state index in [2.05, 4.69) is 10.3 Å². The first-order valence-corrected chi connectivity index (χ1v) is 6.55. The van der Waals surface area contributed by atoms with Gasteiger partial charge in [0.05, 0.1) is 5.01 Å². The van der Waals surface area contributed by atoms with Crippen molar-refractivity contribution >= 4 is 17.3 Å². The molecule has 2 N–H and O–H groups in total. The molecule has 4 nitrogen and oxygen atoms in total. The zero-order valence-electron chi connectivity index (χ0n) is 9.11. The number of aromatic nitrogens is 1. The largest absolute Gasteiger partial charge is 0.476 e. The average molecular weight is 240 g/mol. The summed E-state index contributed by atoms with van der Waals surface area (Å²) >= 11 is 1.43. The molecule has 0 unspecified atom stereocenters. The molecule has 2 rings (SSSR count). The quantitative estimate of drug-likeness (QED) is 0.825. The summed E-state index contributed by atoms with van der Waals surface area (Å²) in [7, 11) is 0. The van der Waals surface area contributed by atoms with Gasteiger partial charge in [0.2, 0.25) is 0 Å². The van der Waals surface area contributed by atoms with Crippen molar-refractivity contribution < 1.29 is 9.90 Å². The Bertz CT molecular complexity index is 359. The summed E-state index contributed by atoms with van der Waals surface area (Å²) in [6.07, 6.45) is 6.04. The second kappa shape index (κ2) is 5.41. The lowest BCUT2D eigenvalue weighted by Crippen LogP contribution is -2.27. The topological polar surface area (TPSA) is 62.2 Å². The zero-order valence-corrected chi connectivity index (χ0v) is 9.92. The number of nitrogens with one attached hydrogen (secondary N) is 1. The predicted molar refractivity (Wildman–Crippen MR) is 63.0 cm³/mol. The van der Waals surface area contributed by atoms with E-state index in [9.17, 15) is 4.79 Å². The van der Waals surface area contributed by atoms with E-state index < -0.39 is 5.97 Å². The number of nitrogens with zero attached hydrogens (tertiary/aromatic N) is 1. The Morgan fingerprint density at radius 3 is 2.94 bits per heavy atom. The fourth-order valence-corrected chi connectivity index (χ4v) is 2.81. The molecule has 0 radical (unpaired) electrons. The molecule has 1 aromatic heterocycles. The molecule has 88 valence electrons. The van der Waals surface area contributed by atoms with E-state index in [0.29, 0.717) is 6.04 Å². The Hall–Kier alpha value is -0.940. The zero-order chi connectivity index (χ0) is 11.4. The van der Waals surface area contributed by atoms with Crippen molar-refractivity contribution in [3.8, 4) is 0 Å². The molecule has 1 aromatic rings. The molecule has 0 aliphatic heterocycles. The highest BCUT2D eigenvalue weighted by atomic mass is 32.1. The van der Waals surface area contributed by atoms with Gasteiger partial charge in [-0.25, -0.2) is 9.78 Å². The molecule has 0 aromatic carbocycles. The lowest BCUT2D eigenvalue weighted by Gasteiger charge is -2.10. The fourth-order valence-electron chi connectivity index (χ4n) is 2.04. The van der Waals surface area contributed by atoms with Gasteiger partial charge in [0.1, 0.15) is 0 Å². The summed E-state index contributed by atoms with van der Waals surface area (Å²) in [5.74, 6) is -0.939. The van der Waals surface area contributed by atoms with Gasteiger partial charge in [-0.1, -0.05) is 12.8 Å². The minimum Gasteiger partial charge on any atom is -0.476 e. The summed E-state index contributed by atoms with van der Waals surface area (Å²) in [5, 5.41) is 14.7. The Balaban J connectivity index is 1.74. The van der Waals surface area contributed by atoms with Gasteiger partial charge in [-0.15, -0.1) is 11.3 Å². The van der Waals surface area contributed by atoms with Gasteiger partial charge in [0, 0.05) is 24.4 Å². The smallest absolute Gasteiger partial charge is 0.355 e. The van der Waals surface area contributed by atoms with Gasteiger partial charge >= 0.3 is 5.97 Å². The summed E-state index contributed by atoms with van der Waals surface area (Å²) in [5.41, 5.74) is 0.167. The maximum absolute atomic E-state index is 10.6. The normalized spacial score (nSPS) is 16.8. The van der Waals surface area contributed by atoms with Crippen LogP contribution in [0.25, 0.3) is 0 Å².